The van der Waals surface area contributed by atoms with Crippen LogP contribution in [0.2, 0.25) is 0 Å². The Bertz CT molecular complexity index is 407. The summed E-state index contributed by atoms with van der Waals surface area (Å²) in [5, 5.41) is 11.9. The number of allylic oxidation sites excluding steroid dienone is 2. The Morgan fingerprint density at radius 1 is 1.35 bits per heavy atom. The fourth-order valence-corrected chi connectivity index (χ4v) is 2.89. The standard InChI is InChI=1S/C13H15NO3/c1-2-3-6-14-12(15)10-8-4-5-9(7-8)11(10)13(16)17/h1,4-5,8-11H,3,6-7H2,(H,14,15)(H,16,17)/t8?,9?,10-,11+/m0/s1. The summed E-state index contributed by atoms with van der Waals surface area (Å²) < 4.78 is 0. The molecule has 0 aromatic rings. The minimum Gasteiger partial charge on any atom is -0.481 e. The Labute approximate surface area is 100 Å². The van der Waals surface area contributed by atoms with Crippen LogP contribution in [0.3, 0.4) is 0 Å². The normalized spacial score (nSPS) is 33.4. The summed E-state index contributed by atoms with van der Waals surface area (Å²) in [6.45, 7) is 0.416. The second kappa shape index (κ2) is 4.62. The zero-order chi connectivity index (χ0) is 12.4. The molecule has 1 saturated carbocycles. The number of carbonyl (C=O) groups is 2. The Balaban J connectivity index is 2.04. The van der Waals surface area contributed by atoms with E-state index in [1.165, 1.54) is 0 Å². The lowest BCUT2D eigenvalue weighted by Crippen LogP contribution is -2.40. The third kappa shape index (κ3) is 2.05. The Morgan fingerprint density at radius 3 is 2.59 bits per heavy atom. The maximum atomic E-state index is 11.9. The first-order chi connectivity index (χ1) is 8.15. The molecule has 2 aliphatic rings. The topological polar surface area (TPSA) is 66.4 Å². The van der Waals surface area contributed by atoms with Crippen molar-refractivity contribution >= 4 is 11.9 Å². The number of hydrogen-bond acceptors (Lipinski definition) is 2. The van der Waals surface area contributed by atoms with Crippen molar-refractivity contribution in [2.24, 2.45) is 23.7 Å². The highest BCUT2D eigenvalue weighted by molar-refractivity contribution is 5.86. The molecular formula is C13H15NO3. The number of terminal acetylenes is 1. The lowest BCUT2D eigenvalue weighted by atomic mass is 9.82. The fourth-order valence-electron chi connectivity index (χ4n) is 2.89. The van der Waals surface area contributed by atoms with E-state index in [4.69, 9.17) is 6.42 Å². The monoisotopic (exact) mass is 233 g/mol. The second-order valence-electron chi connectivity index (χ2n) is 4.58. The van der Waals surface area contributed by atoms with E-state index in [2.05, 4.69) is 11.2 Å². The van der Waals surface area contributed by atoms with Gasteiger partial charge in [0.25, 0.3) is 0 Å². The summed E-state index contributed by atoms with van der Waals surface area (Å²) in [5.74, 6) is 0.471. The largest absolute Gasteiger partial charge is 0.481 e. The van der Waals surface area contributed by atoms with Gasteiger partial charge < -0.3 is 10.4 Å². The highest BCUT2D eigenvalue weighted by atomic mass is 16.4. The average molecular weight is 233 g/mol. The molecule has 2 aliphatic carbocycles. The van der Waals surface area contributed by atoms with Gasteiger partial charge in [-0.3, -0.25) is 9.59 Å². The van der Waals surface area contributed by atoms with Crippen molar-refractivity contribution in [2.75, 3.05) is 6.54 Å². The summed E-state index contributed by atoms with van der Waals surface area (Å²) >= 11 is 0. The van der Waals surface area contributed by atoms with Gasteiger partial charge in [0.2, 0.25) is 5.91 Å². The van der Waals surface area contributed by atoms with Crippen molar-refractivity contribution < 1.29 is 14.7 Å². The fraction of sp³-hybridized carbons (Fsp3) is 0.538. The van der Waals surface area contributed by atoms with Crippen LogP contribution in [0.5, 0.6) is 0 Å². The van der Waals surface area contributed by atoms with Crippen LogP contribution in [0, 0.1) is 36.0 Å². The zero-order valence-electron chi connectivity index (χ0n) is 9.43. The van der Waals surface area contributed by atoms with Crippen molar-refractivity contribution in [3.8, 4) is 12.3 Å². The van der Waals surface area contributed by atoms with Gasteiger partial charge in [0.1, 0.15) is 0 Å². The van der Waals surface area contributed by atoms with Crippen molar-refractivity contribution in [3.63, 3.8) is 0 Å². The van der Waals surface area contributed by atoms with Gasteiger partial charge in [-0.15, -0.1) is 12.3 Å². The van der Waals surface area contributed by atoms with E-state index in [9.17, 15) is 14.7 Å². The minimum atomic E-state index is -0.876. The van der Waals surface area contributed by atoms with Gasteiger partial charge in [0.05, 0.1) is 11.8 Å². The quantitative estimate of drug-likeness (QED) is 0.425. The lowest BCUT2D eigenvalue weighted by molar-refractivity contribution is -0.147. The number of carbonyl (C=O) groups excluding carboxylic acids is 1. The van der Waals surface area contributed by atoms with Crippen molar-refractivity contribution in [3.05, 3.63) is 12.2 Å². The molecule has 90 valence electrons. The molecule has 0 aromatic heterocycles. The number of fused-ring (bicyclic) bond motifs is 2. The number of hydrogen-bond donors (Lipinski definition) is 2. The van der Waals surface area contributed by atoms with Gasteiger partial charge in [-0.1, -0.05) is 12.2 Å². The summed E-state index contributed by atoms with van der Waals surface area (Å²) in [6, 6.07) is 0. The van der Waals surface area contributed by atoms with Crippen LogP contribution in [0.4, 0.5) is 0 Å². The third-order valence-electron chi connectivity index (χ3n) is 3.62. The maximum absolute atomic E-state index is 11.9. The van der Waals surface area contributed by atoms with E-state index in [0.717, 1.165) is 6.42 Å². The first kappa shape index (κ1) is 11.7. The summed E-state index contributed by atoms with van der Waals surface area (Å²) in [4.78, 5) is 23.1. The minimum absolute atomic E-state index is 0.0147. The molecule has 4 atom stereocenters. The number of carboxylic acid groups (broad SMARTS) is 1. The lowest BCUT2D eigenvalue weighted by Gasteiger charge is -2.23. The molecule has 0 aromatic carbocycles. The number of aliphatic carboxylic acids is 1. The highest BCUT2D eigenvalue weighted by Crippen LogP contribution is 2.48. The highest BCUT2D eigenvalue weighted by Gasteiger charge is 2.51. The van der Waals surface area contributed by atoms with Crippen molar-refractivity contribution in [2.45, 2.75) is 12.8 Å². The predicted molar refractivity (Wildman–Crippen MR) is 61.8 cm³/mol. The molecule has 17 heavy (non-hydrogen) atoms. The molecule has 1 fully saturated rings. The van der Waals surface area contributed by atoms with Gasteiger partial charge in [-0.05, 0) is 18.3 Å². The van der Waals surface area contributed by atoms with Crippen LogP contribution in [0.25, 0.3) is 0 Å². The summed E-state index contributed by atoms with van der Waals surface area (Å²) in [5.41, 5.74) is 0. The molecule has 0 radical (unpaired) electrons. The van der Waals surface area contributed by atoms with Gasteiger partial charge in [-0.2, -0.15) is 0 Å². The Hall–Kier alpha value is -1.76. The summed E-state index contributed by atoms with van der Waals surface area (Å²) in [7, 11) is 0. The van der Waals surface area contributed by atoms with Crippen LogP contribution in [0.15, 0.2) is 12.2 Å². The second-order valence-corrected chi connectivity index (χ2v) is 4.58. The van der Waals surface area contributed by atoms with Crippen LogP contribution >= 0.6 is 0 Å². The van der Waals surface area contributed by atoms with Crippen LogP contribution in [0.1, 0.15) is 12.8 Å². The first-order valence-corrected chi connectivity index (χ1v) is 5.77. The number of rotatable bonds is 4. The van der Waals surface area contributed by atoms with Crippen molar-refractivity contribution in [1.29, 1.82) is 0 Å². The van der Waals surface area contributed by atoms with Crippen LogP contribution in [-0.2, 0) is 9.59 Å². The zero-order valence-corrected chi connectivity index (χ0v) is 9.43. The summed E-state index contributed by atoms with van der Waals surface area (Å²) in [6.07, 6.45) is 10.2. The molecule has 2 rings (SSSR count). The van der Waals surface area contributed by atoms with E-state index in [-0.39, 0.29) is 17.7 Å². The maximum Gasteiger partial charge on any atom is 0.307 e. The Morgan fingerprint density at radius 2 is 2.00 bits per heavy atom. The molecular weight excluding hydrogens is 218 g/mol. The van der Waals surface area contributed by atoms with Crippen LogP contribution in [-0.4, -0.2) is 23.5 Å². The van der Waals surface area contributed by atoms with Gasteiger partial charge in [0.15, 0.2) is 0 Å². The van der Waals surface area contributed by atoms with E-state index in [0.29, 0.717) is 13.0 Å². The van der Waals surface area contributed by atoms with E-state index < -0.39 is 17.8 Å². The smallest absolute Gasteiger partial charge is 0.307 e. The van der Waals surface area contributed by atoms with E-state index >= 15 is 0 Å². The molecule has 0 heterocycles. The van der Waals surface area contributed by atoms with Gasteiger partial charge >= 0.3 is 5.97 Å². The number of nitrogens with one attached hydrogen (secondary N) is 1. The van der Waals surface area contributed by atoms with Crippen LogP contribution < -0.4 is 5.32 Å². The Kier molecular flexibility index (Phi) is 3.19. The molecule has 0 spiro atoms. The molecule has 4 nitrogen and oxygen atoms in total. The molecule has 0 aliphatic heterocycles. The molecule has 1 amide bonds. The third-order valence-corrected chi connectivity index (χ3v) is 3.62. The van der Waals surface area contributed by atoms with Crippen molar-refractivity contribution in [1.82, 2.24) is 5.32 Å². The van der Waals surface area contributed by atoms with E-state index in [1.54, 1.807) is 0 Å². The van der Waals surface area contributed by atoms with Gasteiger partial charge in [-0.25, -0.2) is 0 Å². The predicted octanol–water partition coefficient (Wildman–Crippen LogP) is 0.649. The first-order valence-electron chi connectivity index (χ1n) is 5.77. The van der Waals surface area contributed by atoms with Gasteiger partial charge in [0, 0.05) is 13.0 Å². The molecule has 2 unspecified atom stereocenters. The molecule has 0 saturated heterocycles. The SMILES string of the molecule is C#CCCNC(=O)[C@H]1C2C=CC(C2)[C@H]1C(=O)O. The number of amides is 1. The van der Waals surface area contributed by atoms with E-state index in [1.807, 2.05) is 12.2 Å². The average Bonchev–Trinajstić information content (AvgIpc) is 2.88. The number of carboxylic acids is 1. The molecule has 2 N–H and O–H groups in total. The molecule has 4 heteroatoms. The molecule has 2 bridgehead atoms.